The lowest BCUT2D eigenvalue weighted by atomic mass is 9.82. The fourth-order valence-electron chi connectivity index (χ4n) is 2.08. The SMILES string of the molecule is CCC(CC)(CNC(=O)c1ccc(Br)cc1OC)C(=O)O. The van der Waals surface area contributed by atoms with Crippen LogP contribution < -0.4 is 10.1 Å². The van der Waals surface area contributed by atoms with Gasteiger partial charge in [-0.1, -0.05) is 29.8 Å². The van der Waals surface area contributed by atoms with E-state index in [0.29, 0.717) is 24.2 Å². The molecule has 0 bridgehead atoms. The van der Waals surface area contributed by atoms with Crippen LogP contribution in [0.5, 0.6) is 5.75 Å². The maximum Gasteiger partial charge on any atom is 0.311 e. The van der Waals surface area contributed by atoms with E-state index in [1.54, 1.807) is 18.2 Å². The number of carboxylic acid groups (broad SMARTS) is 1. The van der Waals surface area contributed by atoms with Gasteiger partial charge in [0.05, 0.1) is 18.1 Å². The first-order valence-corrected chi connectivity index (χ1v) is 7.54. The number of benzene rings is 1. The number of carbonyl (C=O) groups excluding carboxylic acids is 1. The van der Waals surface area contributed by atoms with Crippen molar-refractivity contribution in [3.8, 4) is 5.75 Å². The van der Waals surface area contributed by atoms with Gasteiger partial charge in [-0.15, -0.1) is 0 Å². The Morgan fingerprint density at radius 1 is 1.33 bits per heavy atom. The summed E-state index contributed by atoms with van der Waals surface area (Å²) in [5.74, 6) is -0.793. The van der Waals surface area contributed by atoms with E-state index in [4.69, 9.17) is 4.74 Å². The van der Waals surface area contributed by atoms with Crippen LogP contribution in [0.15, 0.2) is 22.7 Å². The van der Waals surface area contributed by atoms with Crippen LogP contribution in [0.25, 0.3) is 0 Å². The molecule has 0 radical (unpaired) electrons. The van der Waals surface area contributed by atoms with Crippen molar-refractivity contribution in [2.75, 3.05) is 13.7 Å². The van der Waals surface area contributed by atoms with Gasteiger partial charge in [-0.25, -0.2) is 0 Å². The summed E-state index contributed by atoms with van der Waals surface area (Å²) in [7, 11) is 1.48. The van der Waals surface area contributed by atoms with E-state index in [0.717, 1.165) is 4.47 Å². The Bertz CT molecular complexity index is 526. The van der Waals surface area contributed by atoms with E-state index in [1.165, 1.54) is 7.11 Å². The molecule has 1 amide bonds. The lowest BCUT2D eigenvalue weighted by molar-refractivity contribution is -0.149. The van der Waals surface area contributed by atoms with Crippen molar-refractivity contribution < 1.29 is 19.4 Å². The molecule has 5 nitrogen and oxygen atoms in total. The average molecular weight is 358 g/mol. The third-order valence-electron chi connectivity index (χ3n) is 3.80. The third-order valence-corrected chi connectivity index (χ3v) is 4.30. The van der Waals surface area contributed by atoms with Gasteiger partial charge < -0.3 is 15.2 Å². The molecule has 1 aromatic rings. The number of carboxylic acids is 1. The maximum atomic E-state index is 12.2. The van der Waals surface area contributed by atoms with Crippen LogP contribution >= 0.6 is 15.9 Å². The number of amides is 1. The molecule has 0 aliphatic heterocycles. The van der Waals surface area contributed by atoms with E-state index in [-0.39, 0.29) is 12.5 Å². The average Bonchev–Trinajstić information content (AvgIpc) is 2.48. The van der Waals surface area contributed by atoms with Crippen LogP contribution in [-0.4, -0.2) is 30.6 Å². The molecule has 6 heteroatoms. The van der Waals surface area contributed by atoms with Gasteiger partial charge in [0, 0.05) is 11.0 Å². The van der Waals surface area contributed by atoms with Crippen LogP contribution in [-0.2, 0) is 4.79 Å². The van der Waals surface area contributed by atoms with E-state index < -0.39 is 11.4 Å². The molecule has 0 fully saturated rings. The van der Waals surface area contributed by atoms with E-state index >= 15 is 0 Å². The van der Waals surface area contributed by atoms with Crippen LogP contribution in [0.1, 0.15) is 37.0 Å². The van der Waals surface area contributed by atoms with Gasteiger partial charge in [0.1, 0.15) is 5.75 Å². The summed E-state index contributed by atoms with van der Waals surface area (Å²) in [6.07, 6.45) is 0.910. The van der Waals surface area contributed by atoms with Crippen molar-refractivity contribution >= 4 is 27.8 Å². The first-order chi connectivity index (χ1) is 9.90. The standard InChI is InChI=1S/C15H20BrNO4/c1-4-15(5-2,14(19)20)9-17-13(18)11-7-6-10(16)8-12(11)21-3/h6-8H,4-5,9H2,1-3H3,(H,17,18)(H,19,20). The highest BCUT2D eigenvalue weighted by Gasteiger charge is 2.35. The summed E-state index contributed by atoms with van der Waals surface area (Å²) in [6.45, 7) is 3.71. The molecule has 2 N–H and O–H groups in total. The number of nitrogens with one attached hydrogen (secondary N) is 1. The highest BCUT2D eigenvalue weighted by Crippen LogP contribution is 2.27. The van der Waals surface area contributed by atoms with Gasteiger partial charge in [-0.2, -0.15) is 0 Å². The number of rotatable bonds is 7. The highest BCUT2D eigenvalue weighted by molar-refractivity contribution is 9.10. The third kappa shape index (κ3) is 3.97. The van der Waals surface area contributed by atoms with Crippen molar-refractivity contribution in [2.45, 2.75) is 26.7 Å². The zero-order valence-corrected chi connectivity index (χ0v) is 14.0. The monoisotopic (exact) mass is 357 g/mol. The molecule has 0 saturated heterocycles. The maximum absolute atomic E-state index is 12.2. The predicted octanol–water partition coefficient (Wildman–Crippen LogP) is 3.08. The van der Waals surface area contributed by atoms with E-state index in [9.17, 15) is 14.7 Å². The highest BCUT2D eigenvalue weighted by atomic mass is 79.9. The van der Waals surface area contributed by atoms with Crippen molar-refractivity contribution in [1.29, 1.82) is 0 Å². The fraction of sp³-hybridized carbons (Fsp3) is 0.467. The molecule has 0 aromatic heterocycles. The van der Waals surface area contributed by atoms with Crippen LogP contribution in [0.2, 0.25) is 0 Å². The van der Waals surface area contributed by atoms with Crippen molar-refractivity contribution in [3.05, 3.63) is 28.2 Å². The smallest absolute Gasteiger partial charge is 0.311 e. The molecule has 0 heterocycles. The molecular formula is C15H20BrNO4. The molecule has 116 valence electrons. The summed E-state index contributed by atoms with van der Waals surface area (Å²) < 4.78 is 5.98. The Morgan fingerprint density at radius 2 is 1.95 bits per heavy atom. The number of halogens is 1. The molecular weight excluding hydrogens is 338 g/mol. The lowest BCUT2D eigenvalue weighted by Gasteiger charge is -2.27. The summed E-state index contributed by atoms with van der Waals surface area (Å²) >= 11 is 3.31. The van der Waals surface area contributed by atoms with Crippen LogP contribution in [0.4, 0.5) is 0 Å². The zero-order valence-electron chi connectivity index (χ0n) is 12.4. The summed E-state index contributed by atoms with van der Waals surface area (Å²) in [6, 6.07) is 5.07. The van der Waals surface area contributed by atoms with Gasteiger partial charge in [0.25, 0.3) is 5.91 Å². The molecule has 21 heavy (non-hydrogen) atoms. The Labute approximate surface area is 132 Å². The minimum absolute atomic E-state index is 0.0907. The Kier molecular flexibility index (Phi) is 6.20. The van der Waals surface area contributed by atoms with Crippen molar-refractivity contribution in [1.82, 2.24) is 5.32 Å². The molecule has 0 aliphatic rings. The van der Waals surface area contributed by atoms with Gasteiger partial charge in [0.2, 0.25) is 0 Å². The number of ether oxygens (including phenoxy) is 1. The fourth-order valence-corrected chi connectivity index (χ4v) is 2.42. The molecule has 0 aliphatic carbocycles. The molecule has 0 atom stereocenters. The predicted molar refractivity (Wildman–Crippen MR) is 83.7 cm³/mol. The summed E-state index contributed by atoms with van der Waals surface area (Å²) in [5.41, 5.74) is -0.551. The first-order valence-electron chi connectivity index (χ1n) is 6.75. The van der Waals surface area contributed by atoms with Gasteiger partial charge in [-0.3, -0.25) is 9.59 Å². The number of hydrogen-bond acceptors (Lipinski definition) is 3. The van der Waals surface area contributed by atoms with Gasteiger partial charge in [-0.05, 0) is 31.0 Å². The number of methoxy groups -OCH3 is 1. The Morgan fingerprint density at radius 3 is 2.43 bits per heavy atom. The quantitative estimate of drug-likeness (QED) is 0.786. The second kappa shape index (κ2) is 7.45. The van der Waals surface area contributed by atoms with Gasteiger partial charge in [0.15, 0.2) is 0 Å². The Balaban J connectivity index is 2.89. The van der Waals surface area contributed by atoms with E-state index in [2.05, 4.69) is 21.2 Å². The lowest BCUT2D eigenvalue weighted by Crippen LogP contribution is -2.42. The number of aliphatic carboxylic acids is 1. The molecule has 0 saturated carbocycles. The normalized spacial score (nSPS) is 11.0. The zero-order chi connectivity index (χ0) is 16.0. The molecule has 0 spiro atoms. The van der Waals surface area contributed by atoms with E-state index in [1.807, 2.05) is 13.8 Å². The number of carbonyl (C=O) groups is 2. The van der Waals surface area contributed by atoms with Gasteiger partial charge >= 0.3 is 5.97 Å². The van der Waals surface area contributed by atoms with Crippen LogP contribution in [0.3, 0.4) is 0 Å². The topological polar surface area (TPSA) is 75.6 Å². The largest absolute Gasteiger partial charge is 0.496 e. The first kappa shape index (κ1) is 17.5. The minimum atomic E-state index is -0.932. The summed E-state index contributed by atoms with van der Waals surface area (Å²) in [5, 5.41) is 12.1. The molecule has 1 rings (SSSR count). The number of hydrogen-bond donors (Lipinski definition) is 2. The molecule has 1 aromatic carbocycles. The van der Waals surface area contributed by atoms with Crippen molar-refractivity contribution in [2.24, 2.45) is 5.41 Å². The second-order valence-corrected chi connectivity index (χ2v) is 5.74. The van der Waals surface area contributed by atoms with Crippen LogP contribution in [0, 0.1) is 5.41 Å². The second-order valence-electron chi connectivity index (χ2n) is 4.82. The minimum Gasteiger partial charge on any atom is -0.496 e. The Hall–Kier alpha value is -1.56. The van der Waals surface area contributed by atoms with Crippen molar-refractivity contribution in [3.63, 3.8) is 0 Å². The summed E-state index contributed by atoms with van der Waals surface area (Å²) in [4.78, 5) is 23.7. The molecule has 0 unspecified atom stereocenters.